The van der Waals surface area contributed by atoms with Crippen LogP contribution in [0.5, 0.6) is 0 Å². The van der Waals surface area contributed by atoms with E-state index in [0.29, 0.717) is 18.7 Å². The summed E-state index contributed by atoms with van der Waals surface area (Å²) in [7, 11) is 0. The van der Waals surface area contributed by atoms with Gasteiger partial charge in [-0.1, -0.05) is 11.6 Å². The molecule has 7 heteroatoms. The second-order valence-corrected chi connectivity index (χ2v) is 5.43. The predicted molar refractivity (Wildman–Crippen MR) is 64.8 cm³/mol. The number of aryl methyl sites for hydroxylation is 1. The highest BCUT2D eigenvalue weighted by molar-refractivity contribution is 6.31. The average molecular weight is 297 g/mol. The average Bonchev–Trinajstić information content (AvgIpc) is 2.70. The zero-order valence-corrected chi connectivity index (χ0v) is 11.3. The highest BCUT2D eigenvalue weighted by atomic mass is 35.5. The van der Waals surface area contributed by atoms with Crippen molar-refractivity contribution < 1.29 is 18.3 Å². The third-order valence-corrected chi connectivity index (χ3v) is 4.00. The molecule has 0 aliphatic heterocycles. The van der Waals surface area contributed by atoms with Crippen LogP contribution in [0.3, 0.4) is 0 Å². The molecule has 0 radical (unpaired) electrons. The largest absolute Gasteiger partial charge is 0.391 e. The van der Waals surface area contributed by atoms with Crippen LogP contribution < -0.4 is 0 Å². The number of halogens is 4. The molecule has 1 aromatic rings. The Labute approximate surface area is 114 Å². The number of rotatable bonds is 2. The van der Waals surface area contributed by atoms with E-state index in [9.17, 15) is 18.3 Å². The molecule has 1 aliphatic rings. The van der Waals surface area contributed by atoms with Gasteiger partial charge in [-0.15, -0.1) is 0 Å². The van der Waals surface area contributed by atoms with Gasteiger partial charge in [-0.3, -0.25) is 4.68 Å². The first-order chi connectivity index (χ1) is 8.78. The van der Waals surface area contributed by atoms with Crippen LogP contribution in [0.4, 0.5) is 13.2 Å². The lowest BCUT2D eigenvalue weighted by Crippen LogP contribution is -2.40. The quantitative estimate of drug-likeness (QED) is 0.907. The number of nitrogens with zero attached hydrogens (tertiary/aromatic N) is 2. The van der Waals surface area contributed by atoms with E-state index < -0.39 is 17.7 Å². The minimum absolute atomic E-state index is 0.0592. The highest BCUT2D eigenvalue weighted by Gasteiger charge is 2.49. The van der Waals surface area contributed by atoms with Crippen molar-refractivity contribution in [2.45, 2.75) is 50.9 Å². The molecule has 0 saturated heterocycles. The van der Waals surface area contributed by atoms with Gasteiger partial charge in [0.05, 0.1) is 22.8 Å². The molecule has 19 heavy (non-hydrogen) atoms. The molecule has 1 heterocycles. The monoisotopic (exact) mass is 296 g/mol. The molecule has 3 nitrogen and oxygen atoms in total. The molecule has 2 rings (SSSR count). The minimum atomic E-state index is -4.28. The highest BCUT2D eigenvalue weighted by Crippen LogP contribution is 2.47. The van der Waals surface area contributed by atoms with Crippen molar-refractivity contribution in [1.29, 1.82) is 0 Å². The van der Waals surface area contributed by atoms with E-state index in [4.69, 9.17) is 11.6 Å². The lowest BCUT2D eigenvalue weighted by atomic mass is 9.76. The molecule has 0 amide bonds. The van der Waals surface area contributed by atoms with Gasteiger partial charge in [0, 0.05) is 6.54 Å². The number of hydrogen-bond donors (Lipinski definition) is 1. The van der Waals surface area contributed by atoms with E-state index in [0.717, 1.165) is 0 Å². The van der Waals surface area contributed by atoms with Gasteiger partial charge in [0.25, 0.3) is 0 Å². The Kier molecular flexibility index (Phi) is 3.84. The van der Waals surface area contributed by atoms with Crippen LogP contribution in [0.1, 0.15) is 38.3 Å². The zero-order valence-electron chi connectivity index (χ0n) is 10.5. The molecule has 2 unspecified atom stereocenters. The summed E-state index contributed by atoms with van der Waals surface area (Å²) in [5, 5.41) is 14.8. The topological polar surface area (TPSA) is 38.0 Å². The summed E-state index contributed by atoms with van der Waals surface area (Å²) in [6.07, 6.45) is -2.59. The van der Waals surface area contributed by atoms with Crippen LogP contribution in [0.15, 0.2) is 6.20 Å². The molecule has 1 N–H and O–H groups in total. The summed E-state index contributed by atoms with van der Waals surface area (Å²) in [6, 6.07) is 0. The van der Waals surface area contributed by atoms with Gasteiger partial charge in [-0.2, -0.15) is 18.3 Å². The fourth-order valence-electron chi connectivity index (χ4n) is 2.81. The molecule has 0 aromatic carbocycles. The van der Waals surface area contributed by atoms with E-state index in [1.54, 1.807) is 6.92 Å². The summed E-state index contributed by atoms with van der Waals surface area (Å²) in [4.78, 5) is 0. The Balaban J connectivity index is 2.34. The number of alkyl halides is 3. The van der Waals surface area contributed by atoms with E-state index in [2.05, 4.69) is 5.10 Å². The molecule has 1 aromatic heterocycles. The fourth-order valence-corrected chi connectivity index (χ4v) is 3.13. The molecule has 2 atom stereocenters. The van der Waals surface area contributed by atoms with Crippen molar-refractivity contribution in [3.05, 3.63) is 16.9 Å². The van der Waals surface area contributed by atoms with Gasteiger partial charge in [-0.05, 0) is 32.6 Å². The Morgan fingerprint density at radius 2 is 2.26 bits per heavy atom. The van der Waals surface area contributed by atoms with Crippen molar-refractivity contribution in [3.63, 3.8) is 0 Å². The van der Waals surface area contributed by atoms with Gasteiger partial charge >= 0.3 is 6.18 Å². The van der Waals surface area contributed by atoms with Crippen molar-refractivity contribution >= 4 is 11.6 Å². The summed E-state index contributed by atoms with van der Waals surface area (Å²) < 4.78 is 40.0. The van der Waals surface area contributed by atoms with Crippen LogP contribution in [0.25, 0.3) is 0 Å². The first-order valence-electron chi connectivity index (χ1n) is 6.29. The third-order valence-electron chi connectivity index (χ3n) is 3.73. The number of aliphatic hydroxyl groups is 1. The summed E-state index contributed by atoms with van der Waals surface area (Å²) >= 11 is 5.98. The predicted octanol–water partition coefficient (Wildman–Crippen LogP) is 3.50. The Morgan fingerprint density at radius 1 is 1.58 bits per heavy atom. The maximum atomic E-state index is 12.8. The zero-order chi connectivity index (χ0) is 14.3. The van der Waals surface area contributed by atoms with Crippen LogP contribution in [-0.4, -0.2) is 21.1 Å². The van der Waals surface area contributed by atoms with Crippen molar-refractivity contribution in [2.24, 2.45) is 5.92 Å². The molecule has 1 fully saturated rings. The van der Waals surface area contributed by atoms with Crippen molar-refractivity contribution in [3.8, 4) is 0 Å². The fraction of sp³-hybridized carbons (Fsp3) is 0.750. The lowest BCUT2D eigenvalue weighted by Gasteiger charge is -2.38. The van der Waals surface area contributed by atoms with E-state index >= 15 is 0 Å². The van der Waals surface area contributed by atoms with Crippen molar-refractivity contribution in [2.75, 3.05) is 0 Å². The minimum Gasteiger partial charge on any atom is -0.383 e. The molecule has 0 spiro atoms. The molecule has 108 valence electrons. The van der Waals surface area contributed by atoms with E-state index in [1.807, 2.05) is 0 Å². The summed E-state index contributed by atoms with van der Waals surface area (Å²) in [5.41, 5.74) is -1.23. The second-order valence-electron chi connectivity index (χ2n) is 5.02. The van der Waals surface area contributed by atoms with Gasteiger partial charge in [0.1, 0.15) is 5.60 Å². The maximum absolute atomic E-state index is 12.8. The van der Waals surface area contributed by atoms with Crippen LogP contribution in [0.2, 0.25) is 5.02 Å². The van der Waals surface area contributed by atoms with Gasteiger partial charge in [-0.25, -0.2) is 0 Å². The maximum Gasteiger partial charge on any atom is 0.391 e. The van der Waals surface area contributed by atoms with Gasteiger partial charge in [0.15, 0.2) is 0 Å². The van der Waals surface area contributed by atoms with E-state index in [1.165, 1.54) is 10.9 Å². The molecular formula is C12H16ClF3N2O. The van der Waals surface area contributed by atoms with Crippen molar-refractivity contribution in [1.82, 2.24) is 9.78 Å². The Morgan fingerprint density at radius 3 is 2.84 bits per heavy atom. The lowest BCUT2D eigenvalue weighted by molar-refractivity contribution is -0.202. The molecular weight excluding hydrogens is 281 g/mol. The molecule has 1 saturated carbocycles. The molecule has 0 bridgehead atoms. The number of aromatic nitrogens is 2. The van der Waals surface area contributed by atoms with Gasteiger partial charge in [0.2, 0.25) is 0 Å². The normalized spacial score (nSPS) is 28.6. The van der Waals surface area contributed by atoms with Gasteiger partial charge < -0.3 is 5.11 Å². The first-order valence-corrected chi connectivity index (χ1v) is 6.66. The summed E-state index contributed by atoms with van der Waals surface area (Å²) in [6.45, 7) is 2.27. The Bertz CT molecular complexity index is 460. The molecule has 1 aliphatic carbocycles. The SMILES string of the molecule is CCn1ncc(Cl)c1C1(O)CCCC(C(F)(F)F)C1. The summed E-state index contributed by atoms with van der Waals surface area (Å²) in [5.74, 6) is -1.48. The number of hydrogen-bond acceptors (Lipinski definition) is 2. The van der Waals surface area contributed by atoms with E-state index in [-0.39, 0.29) is 24.3 Å². The standard InChI is InChI=1S/C12H16ClF3N2O/c1-2-18-10(9(13)7-17-18)11(19)5-3-4-8(6-11)12(14,15)16/h7-8,19H,2-6H2,1H3. The second kappa shape index (κ2) is 4.98. The Hall–Kier alpha value is -0.750. The smallest absolute Gasteiger partial charge is 0.383 e. The third kappa shape index (κ3) is 2.74. The van der Waals surface area contributed by atoms with Crippen LogP contribution in [-0.2, 0) is 12.1 Å². The van der Waals surface area contributed by atoms with Crippen LogP contribution >= 0.6 is 11.6 Å². The first kappa shape index (κ1) is 14.7. The van der Waals surface area contributed by atoms with Crippen LogP contribution in [0, 0.1) is 5.92 Å².